The van der Waals surface area contributed by atoms with Crippen LogP contribution >= 0.6 is 0 Å². The van der Waals surface area contributed by atoms with Gasteiger partial charge in [-0.05, 0) is 43.2 Å². The predicted octanol–water partition coefficient (Wildman–Crippen LogP) is 5.28. The average molecular weight is 405 g/mol. The highest BCUT2D eigenvalue weighted by Crippen LogP contribution is 2.32. The normalized spacial score (nSPS) is 11.2. The summed E-state index contributed by atoms with van der Waals surface area (Å²) in [5, 5.41) is 5.62. The topological polar surface area (TPSA) is 49.1 Å². The zero-order chi connectivity index (χ0) is 21.1. The fraction of sp³-hybridized carbons (Fsp3) is 0.250. The van der Waals surface area contributed by atoms with Gasteiger partial charge in [-0.25, -0.2) is 9.18 Å². The van der Waals surface area contributed by atoms with Gasteiger partial charge in [-0.1, -0.05) is 37.3 Å². The summed E-state index contributed by atoms with van der Waals surface area (Å²) in [6, 6.07) is 16.3. The summed E-state index contributed by atoms with van der Waals surface area (Å²) in [5.41, 5.74) is 4.13. The summed E-state index contributed by atoms with van der Waals surface area (Å²) in [5.74, 6) is -0.733. The number of fused-ring (bicyclic) bond motifs is 1. The lowest BCUT2D eigenvalue weighted by Gasteiger charge is -2.07. The summed E-state index contributed by atoms with van der Waals surface area (Å²) in [6.45, 7) is 5.52. The van der Waals surface area contributed by atoms with Crippen LogP contribution in [0, 0.1) is 5.82 Å². The number of rotatable bonds is 7. The number of carbonyl (C=O) groups excluding carboxylic acids is 1. The first-order valence-corrected chi connectivity index (χ1v) is 10.2. The number of ether oxygens (including phenoxy) is 1. The standard InChI is InChI=1S/C24H24FN3O2/c1-3-13-27-16-20(19-7-5-6-8-22(19)27)23-14-21(24(29)30-4-2)26-28(23)15-17-9-11-18(25)12-10-17/h5-12,14,16H,3-4,13,15H2,1-2H3. The first-order chi connectivity index (χ1) is 14.6. The molecular formula is C24H24FN3O2. The van der Waals surface area contributed by atoms with Crippen molar-refractivity contribution >= 4 is 16.9 Å². The van der Waals surface area contributed by atoms with E-state index in [9.17, 15) is 9.18 Å². The predicted molar refractivity (Wildman–Crippen MR) is 115 cm³/mol. The average Bonchev–Trinajstić information content (AvgIpc) is 3.32. The molecular weight excluding hydrogens is 381 g/mol. The van der Waals surface area contributed by atoms with Gasteiger partial charge in [-0.15, -0.1) is 0 Å². The van der Waals surface area contributed by atoms with Crippen molar-refractivity contribution in [3.63, 3.8) is 0 Å². The molecule has 0 saturated carbocycles. The lowest BCUT2D eigenvalue weighted by molar-refractivity contribution is 0.0518. The minimum Gasteiger partial charge on any atom is -0.461 e. The van der Waals surface area contributed by atoms with E-state index >= 15 is 0 Å². The lowest BCUT2D eigenvalue weighted by atomic mass is 10.1. The Morgan fingerprint density at radius 1 is 1.10 bits per heavy atom. The summed E-state index contributed by atoms with van der Waals surface area (Å²) >= 11 is 0. The molecule has 6 heteroatoms. The van der Waals surface area contributed by atoms with Crippen molar-refractivity contribution in [2.75, 3.05) is 6.61 Å². The molecule has 0 saturated heterocycles. The van der Waals surface area contributed by atoms with Crippen molar-refractivity contribution in [1.29, 1.82) is 0 Å². The van der Waals surface area contributed by atoms with Gasteiger partial charge < -0.3 is 9.30 Å². The smallest absolute Gasteiger partial charge is 0.358 e. The monoisotopic (exact) mass is 405 g/mol. The summed E-state index contributed by atoms with van der Waals surface area (Å²) in [4.78, 5) is 12.4. The van der Waals surface area contributed by atoms with E-state index in [2.05, 4.69) is 34.9 Å². The lowest BCUT2D eigenvalue weighted by Crippen LogP contribution is -2.08. The zero-order valence-corrected chi connectivity index (χ0v) is 17.1. The molecule has 0 aliphatic rings. The molecule has 5 nitrogen and oxygen atoms in total. The van der Waals surface area contributed by atoms with Gasteiger partial charge in [0.25, 0.3) is 0 Å². The van der Waals surface area contributed by atoms with Crippen LogP contribution in [0.2, 0.25) is 0 Å². The summed E-state index contributed by atoms with van der Waals surface area (Å²) < 4.78 is 22.5. The minimum atomic E-state index is -0.450. The van der Waals surface area contributed by atoms with Crippen LogP contribution in [0.15, 0.2) is 60.8 Å². The molecule has 0 N–H and O–H groups in total. The van der Waals surface area contributed by atoms with Crippen LogP contribution in [0.4, 0.5) is 4.39 Å². The zero-order valence-electron chi connectivity index (χ0n) is 17.1. The fourth-order valence-electron chi connectivity index (χ4n) is 3.70. The van der Waals surface area contributed by atoms with Crippen LogP contribution in [0.1, 0.15) is 36.3 Å². The van der Waals surface area contributed by atoms with Crippen molar-refractivity contribution in [1.82, 2.24) is 14.3 Å². The van der Waals surface area contributed by atoms with E-state index in [4.69, 9.17) is 4.74 Å². The second kappa shape index (κ2) is 8.53. The second-order valence-electron chi connectivity index (χ2n) is 7.17. The first kappa shape index (κ1) is 19.9. The maximum absolute atomic E-state index is 13.3. The van der Waals surface area contributed by atoms with Crippen molar-refractivity contribution < 1.29 is 13.9 Å². The number of hydrogen-bond donors (Lipinski definition) is 0. The Bertz CT molecular complexity index is 1180. The molecule has 2 aromatic carbocycles. The fourth-order valence-corrected chi connectivity index (χ4v) is 3.70. The van der Waals surface area contributed by atoms with E-state index in [1.54, 1.807) is 29.8 Å². The molecule has 0 fully saturated rings. The maximum atomic E-state index is 13.3. The largest absolute Gasteiger partial charge is 0.461 e. The molecule has 2 heterocycles. The van der Waals surface area contributed by atoms with Gasteiger partial charge in [0, 0.05) is 29.2 Å². The third kappa shape index (κ3) is 3.85. The molecule has 154 valence electrons. The van der Waals surface area contributed by atoms with Crippen LogP contribution in [0.5, 0.6) is 0 Å². The van der Waals surface area contributed by atoms with Gasteiger partial charge in [0.2, 0.25) is 0 Å². The number of benzene rings is 2. The van der Waals surface area contributed by atoms with Crippen molar-refractivity contribution in [3.8, 4) is 11.3 Å². The molecule has 0 bridgehead atoms. The molecule has 4 aromatic rings. The number of aromatic nitrogens is 3. The highest BCUT2D eigenvalue weighted by atomic mass is 19.1. The van der Waals surface area contributed by atoms with Gasteiger partial charge in [0.1, 0.15) is 5.82 Å². The molecule has 0 spiro atoms. The molecule has 0 unspecified atom stereocenters. The van der Waals surface area contributed by atoms with E-state index in [-0.39, 0.29) is 18.1 Å². The van der Waals surface area contributed by atoms with Crippen LogP contribution in [-0.4, -0.2) is 26.9 Å². The summed E-state index contributed by atoms with van der Waals surface area (Å²) in [6.07, 6.45) is 3.13. The van der Waals surface area contributed by atoms with Gasteiger partial charge in [-0.3, -0.25) is 4.68 Å². The molecule has 0 atom stereocenters. The highest BCUT2D eigenvalue weighted by Gasteiger charge is 2.20. The number of carbonyl (C=O) groups is 1. The minimum absolute atomic E-state index is 0.265. The third-order valence-electron chi connectivity index (χ3n) is 5.04. The summed E-state index contributed by atoms with van der Waals surface area (Å²) in [7, 11) is 0. The molecule has 0 aliphatic heterocycles. The Kier molecular flexibility index (Phi) is 5.65. The van der Waals surface area contributed by atoms with Crippen molar-refractivity contribution in [3.05, 3.63) is 77.9 Å². The van der Waals surface area contributed by atoms with Gasteiger partial charge in [0.05, 0.1) is 18.8 Å². The van der Waals surface area contributed by atoms with Gasteiger partial charge >= 0.3 is 5.97 Å². The Labute approximate surface area is 174 Å². The van der Waals surface area contributed by atoms with Crippen molar-refractivity contribution in [2.45, 2.75) is 33.4 Å². The third-order valence-corrected chi connectivity index (χ3v) is 5.04. The number of aryl methyl sites for hydroxylation is 1. The van der Waals surface area contributed by atoms with Crippen LogP contribution in [0.3, 0.4) is 0 Å². The van der Waals surface area contributed by atoms with Crippen molar-refractivity contribution in [2.24, 2.45) is 0 Å². The SMILES string of the molecule is CCCn1cc(-c2cc(C(=O)OCC)nn2Cc2ccc(F)cc2)c2ccccc21. The number of hydrogen-bond acceptors (Lipinski definition) is 3. The second-order valence-corrected chi connectivity index (χ2v) is 7.17. The Hall–Kier alpha value is -3.41. The van der Waals surface area contributed by atoms with E-state index in [1.165, 1.54) is 12.1 Å². The molecule has 2 aromatic heterocycles. The van der Waals surface area contributed by atoms with E-state index < -0.39 is 5.97 Å². The van der Waals surface area contributed by atoms with Crippen LogP contribution < -0.4 is 0 Å². The van der Waals surface area contributed by atoms with E-state index in [0.717, 1.165) is 40.7 Å². The molecule has 4 rings (SSSR count). The maximum Gasteiger partial charge on any atom is 0.358 e. The number of para-hydroxylation sites is 1. The molecule has 0 radical (unpaired) electrons. The first-order valence-electron chi connectivity index (χ1n) is 10.2. The number of nitrogens with zero attached hydrogens (tertiary/aromatic N) is 3. The molecule has 0 amide bonds. The quantitative estimate of drug-likeness (QED) is 0.393. The Morgan fingerprint density at radius 2 is 1.87 bits per heavy atom. The van der Waals surface area contributed by atoms with Gasteiger partial charge in [-0.2, -0.15) is 5.10 Å². The Balaban J connectivity index is 1.84. The molecule has 0 aliphatic carbocycles. The van der Waals surface area contributed by atoms with Gasteiger partial charge in [0.15, 0.2) is 5.69 Å². The van der Waals surface area contributed by atoms with Crippen LogP contribution in [0.25, 0.3) is 22.2 Å². The number of halogens is 1. The molecule has 30 heavy (non-hydrogen) atoms. The van der Waals surface area contributed by atoms with Crippen LogP contribution in [-0.2, 0) is 17.8 Å². The van der Waals surface area contributed by atoms with E-state index in [1.807, 2.05) is 12.1 Å². The van der Waals surface area contributed by atoms with E-state index in [0.29, 0.717) is 6.54 Å². The highest BCUT2D eigenvalue weighted by molar-refractivity contribution is 5.97. The number of esters is 1. The Morgan fingerprint density at radius 3 is 2.60 bits per heavy atom.